The Labute approximate surface area is 123 Å². The molecule has 1 aliphatic heterocycles. The van der Waals surface area contributed by atoms with E-state index in [2.05, 4.69) is 10.6 Å². The molecular weight excluding hydrogens is 270 g/mol. The van der Waals surface area contributed by atoms with Gasteiger partial charge in [-0.15, -0.1) is 0 Å². The van der Waals surface area contributed by atoms with Crippen LogP contribution in [0.3, 0.4) is 0 Å². The summed E-state index contributed by atoms with van der Waals surface area (Å²) in [7, 11) is 1.46. The lowest BCUT2D eigenvalue weighted by atomic mass is 10.1. The van der Waals surface area contributed by atoms with Gasteiger partial charge in [0.05, 0.1) is 17.7 Å². The van der Waals surface area contributed by atoms with E-state index in [0.29, 0.717) is 29.3 Å². The number of carbonyl (C=O) groups excluding carboxylic acids is 3. The van der Waals surface area contributed by atoms with E-state index in [-0.39, 0.29) is 24.3 Å². The third-order valence-corrected chi connectivity index (χ3v) is 3.25. The summed E-state index contributed by atoms with van der Waals surface area (Å²) in [6.45, 7) is 4.80. The molecule has 1 aromatic carbocycles. The van der Waals surface area contributed by atoms with Gasteiger partial charge in [0, 0.05) is 19.3 Å². The maximum absolute atomic E-state index is 11.9. The Balaban J connectivity index is 1.99. The zero-order valence-corrected chi connectivity index (χ0v) is 12.4. The third-order valence-electron chi connectivity index (χ3n) is 3.25. The van der Waals surface area contributed by atoms with Gasteiger partial charge in [-0.3, -0.25) is 19.3 Å². The molecule has 6 heteroatoms. The molecule has 0 bridgehead atoms. The van der Waals surface area contributed by atoms with Gasteiger partial charge in [0.2, 0.25) is 5.91 Å². The second-order valence-electron chi connectivity index (χ2n) is 5.48. The Hall–Kier alpha value is -2.37. The van der Waals surface area contributed by atoms with Gasteiger partial charge in [-0.1, -0.05) is 13.8 Å². The lowest BCUT2D eigenvalue weighted by Gasteiger charge is -2.09. The monoisotopic (exact) mass is 289 g/mol. The van der Waals surface area contributed by atoms with Crippen molar-refractivity contribution in [3.8, 4) is 0 Å². The number of hydrogen-bond acceptors (Lipinski definition) is 4. The number of amides is 3. The van der Waals surface area contributed by atoms with Crippen molar-refractivity contribution >= 4 is 23.4 Å². The lowest BCUT2D eigenvalue weighted by Crippen LogP contribution is -2.32. The maximum Gasteiger partial charge on any atom is 0.261 e. The number of carbonyl (C=O) groups is 3. The topological polar surface area (TPSA) is 78.5 Å². The van der Waals surface area contributed by atoms with Crippen LogP contribution >= 0.6 is 0 Å². The molecule has 0 aromatic heterocycles. The lowest BCUT2D eigenvalue weighted by molar-refractivity contribution is -0.119. The first-order valence-corrected chi connectivity index (χ1v) is 6.87. The van der Waals surface area contributed by atoms with Gasteiger partial charge in [-0.2, -0.15) is 0 Å². The van der Waals surface area contributed by atoms with Crippen molar-refractivity contribution in [1.29, 1.82) is 0 Å². The molecule has 1 aliphatic rings. The molecule has 0 unspecified atom stereocenters. The van der Waals surface area contributed by atoms with Crippen molar-refractivity contribution in [3.05, 3.63) is 29.3 Å². The number of hydrogen-bond donors (Lipinski definition) is 2. The van der Waals surface area contributed by atoms with Gasteiger partial charge >= 0.3 is 0 Å². The predicted octanol–water partition coefficient (Wildman–Crippen LogP) is 1.10. The summed E-state index contributed by atoms with van der Waals surface area (Å²) in [6.07, 6.45) is 0. The van der Waals surface area contributed by atoms with Crippen LogP contribution in [-0.2, 0) is 4.79 Å². The van der Waals surface area contributed by atoms with Crippen molar-refractivity contribution in [2.45, 2.75) is 13.8 Å². The fourth-order valence-corrected chi connectivity index (χ4v) is 2.03. The summed E-state index contributed by atoms with van der Waals surface area (Å²) in [4.78, 5) is 36.3. The van der Waals surface area contributed by atoms with Crippen LogP contribution in [0.1, 0.15) is 34.6 Å². The summed E-state index contributed by atoms with van der Waals surface area (Å²) >= 11 is 0. The molecule has 0 spiro atoms. The Morgan fingerprint density at radius 1 is 1.19 bits per heavy atom. The van der Waals surface area contributed by atoms with Crippen molar-refractivity contribution in [3.63, 3.8) is 0 Å². The molecule has 1 heterocycles. The summed E-state index contributed by atoms with van der Waals surface area (Å²) in [5.41, 5.74) is 1.41. The highest BCUT2D eigenvalue weighted by Crippen LogP contribution is 2.24. The standard InChI is InChI=1S/C15H19N3O3/c1-9(2)7-17-13(19)8-16-10-4-5-11-12(6-10)15(21)18(3)14(11)20/h4-6,9,16H,7-8H2,1-3H3,(H,17,19). The average molecular weight is 289 g/mol. The quantitative estimate of drug-likeness (QED) is 0.796. The minimum Gasteiger partial charge on any atom is -0.376 e. The number of rotatable bonds is 5. The van der Waals surface area contributed by atoms with Gasteiger partial charge < -0.3 is 10.6 Å². The number of benzene rings is 1. The van der Waals surface area contributed by atoms with Gasteiger partial charge in [0.15, 0.2) is 0 Å². The predicted molar refractivity (Wildman–Crippen MR) is 79.2 cm³/mol. The van der Waals surface area contributed by atoms with Crippen LogP contribution in [0.2, 0.25) is 0 Å². The molecule has 0 atom stereocenters. The molecule has 0 saturated heterocycles. The van der Waals surface area contributed by atoms with Crippen LogP contribution in [0.4, 0.5) is 5.69 Å². The minimum atomic E-state index is -0.317. The number of nitrogens with zero attached hydrogens (tertiary/aromatic N) is 1. The van der Waals surface area contributed by atoms with E-state index in [4.69, 9.17) is 0 Å². The van der Waals surface area contributed by atoms with Gasteiger partial charge in [-0.05, 0) is 24.1 Å². The second-order valence-corrected chi connectivity index (χ2v) is 5.48. The molecule has 6 nitrogen and oxygen atoms in total. The molecule has 0 aliphatic carbocycles. The maximum atomic E-state index is 11.9. The minimum absolute atomic E-state index is 0.108. The Bertz CT molecular complexity index is 596. The molecule has 21 heavy (non-hydrogen) atoms. The molecule has 3 amide bonds. The zero-order chi connectivity index (χ0) is 15.6. The van der Waals surface area contributed by atoms with E-state index in [0.717, 1.165) is 4.90 Å². The Kier molecular flexibility index (Phi) is 4.26. The first kappa shape index (κ1) is 15.0. The molecule has 0 saturated carbocycles. The largest absolute Gasteiger partial charge is 0.376 e. The molecule has 1 aromatic rings. The summed E-state index contributed by atoms with van der Waals surface area (Å²) in [6, 6.07) is 4.90. The number of fused-ring (bicyclic) bond motifs is 1. The van der Waals surface area contributed by atoms with Gasteiger partial charge in [0.1, 0.15) is 0 Å². The average Bonchev–Trinajstić information content (AvgIpc) is 2.67. The molecular formula is C15H19N3O3. The van der Waals surface area contributed by atoms with E-state index in [1.165, 1.54) is 7.05 Å². The first-order valence-electron chi connectivity index (χ1n) is 6.87. The molecule has 2 rings (SSSR count). The highest BCUT2D eigenvalue weighted by molar-refractivity contribution is 6.21. The van der Waals surface area contributed by atoms with Crippen molar-refractivity contribution in [2.24, 2.45) is 5.92 Å². The molecule has 112 valence electrons. The van der Waals surface area contributed by atoms with Gasteiger partial charge in [0.25, 0.3) is 11.8 Å². The van der Waals surface area contributed by atoms with Gasteiger partial charge in [-0.25, -0.2) is 0 Å². The fourth-order valence-electron chi connectivity index (χ4n) is 2.03. The highest BCUT2D eigenvalue weighted by atomic mass is 16.2. The molecule has 0 fully saturated rings. The molecule has 0 radical (unpaired) electrons. The van der Waals surface area contributed by atoms with Crippen LogP contribution in [0.15, 0.2) is 18.2 Å². The summed E-state index contributed by atoms with van der Waals surface area (Å²) in [5, 5.41) is 5.75. The van der Waals surface area contributed by atoms with Crippen LogP contribution in [0, 0.1) is 5.92 Å². The third kappa shape index (κ3) is 3.21. The fraction of sp³-hybridized carbons (Fsp3) is 0.400. The normalized spacial score (nSPS) is 13.6. The zero-order valence-electron chi connectivity index (χ0n) is 12.4. The van der Waals surface area contributed by atoms with E-state index >= 15 is 0 Å². The van der Waals surface area contributed by atoms with Crippen LogP contribution in [0.25, 0.3) is 0 Å². The van der Waals surface area contributed by atoms with Crippen LogP contribution in [0.5, 0.6) is 0 Å². The Morgan fingerprint density at radius 2 is 1.86 bits per heavy atom. The van der Waals surface area contributed by atoms with E-state index in [1.807, 2.05) is 13.8 Å². The molecule has 2 N–H and O–H groups in total. The van der Waals surface area contributed by atoms with E-state index in [1.54, 1.807) is 18.2 Å². The van der Waals surface area contributed by atoms with Crippen molar-refractivity contribution in [1.82, 2.24) is 10.2 Å². The highest BCUT2D eigenvalue weighted by Gasteiger charge is 2.32. The van der Waals surface area contributed by atoms with Crippen LogP contribution < -0.4 is 10.6 Å². The SMILES string of the molecule is CC(C)CNC(=O)CNc1ccc2c(c1)C(=O)N(C)C2=O. The van der Waals surface area contributed by atoms with Crippen molar-refractivity contribution in [2.75, 3.05) is 25.5 Å². The smallest absolute Gasteiger partial charge is 0.261 e. The summed E-state index contributed by atoms with van der Waals surface area (Å²) in [5.74, 6) is -0.323. The summed E-state index contributed by atoms with van der Waals surface area (Å²) < 4.78 is 0. The van der Waals surface area contributed by atoms with E-state index < -0.39 is 0 Å². The second kappa shape index (κ2) is 5.95. The van der Waals surface area contributed by atoms with E-state index in [9.17, 15) is 14.4 Å². The first-order chi connectivity index (χ1) is 9.90. The van der Waals surface area contributed by atoms with Crippen LogP contribution in [-0.4, -0.2) is 42.8 Å². The number of imide groups is 1. The Morgan fingerprint density at radius 3 is 2.52 bits per heavy atom. The van der Waals surface area contributed by atoms with Crippen molar-refractivity contribution < 1.29 is 14.4 Å². The number of anilines is 1. The number of nitrogens with one attached hydrogen (secondary N) is 2.